The Bertz CT molecular complexity index is 305. The van der Waals surface area contributed by atoms with Crippen molar-refractivity contribution in [1.29, 1.82) is 0 Å². The normalized spacial score (nSPS) is 10.2. The summed E-state index contributed by atoms with van der Waals surface area (Å²) in [7, 11) is 2.04. The summed E-state index contributed by atoms with van der Waals surface area (Å²) in [5, 5.41) is 0. The van der Waals surface area contributed by atoms with E-state index in [4.69, 9.17) is 0 Å². The summed E-state index contributed by atoms with van der Waals surface area (Å²) in [6.45, 7) is 6.20. The summed E-state index contributed by atoms with van der Waals surface area (Å²) >= 11 is 0. The van der Waals surface area contributed by atoms with Crippen LogP contribution in [0, 0.1) is 0 Å². The first-order valence-electron chi connectivity index (χ1n) is 4.57. The van der Waals surface area contributed by atoms with Gasteiger partial charge in [-0.3, -0.25) is 4.79 Å². The molecule has 0 aromatic heterocycles. The van der Waals surface area contributed by atoms with E-state index in [9.17, 15) is 4.79 Å². The van der Waals surface area contributed by atoms with E-state index in [0.717, 1.165) is 17.4 Å². The maximum absolute atomic E-state index is 10.7. The van der Waals surface area contributed by atoms with E-state index in [2.05, 4.69) is 19.9 Å². The fourth-order valence-electron chi connectivity index (χ4n) is 1.38. The SMILES string of the molecule is C[B]c1ccc(C=O)c(C(C)C)c1. The van der Waals surface area contributed by atoms with Crippen molar-refractivity contribution >= 4 is 19.0 Å². The first-order valence-corrected chi connectivity index (χ1v) is 4.57. The Balaban J connectivity index is 3.17. The second kappa shape index (κ2) is 4.26. The summed E-state index contributed by atoms with van der Waals surface area (Å²) in [5.74, 6) is 0.403. The van der Waals surface area contributed by atoms with E-state index in [1.165, 1.54) is 5.46 Å². The Morgan fingerprint density at radius 3 is 2.54 bits per heavy atom. The van der Waals surface area contributed by atoms with Gasteiger partial charge >= 0.3 is 0 Å². The average molecular weight is 173 g/mol. The quantitative estimate of drug-likeness (QED) is 0.504. The highest BCUT2D eigenvalue weighted by atomic mass is 16.1. The molecule has 0 bridgehead atoms. The van der Waals surface area contributed by atoms with Crippen molar-refractivity contribution in [2.75, 3.05) is 0 Å². The lowest BCUT2D eigenvalue weighted by Gasteiger charge is -2.09. The molecule has 0 aliphatic heterocycles. The van der Waals surface area contributed by atoms with Crippen LogP contribution in [0.25, 0.3) is 0 Å². The van der Waals surface area contributed by atoms with Gasteiger partial charge in [0.2, 0.25) is 0 Å². The van der Waals surface area contributed by atoms with Gasteiger partial charge in [0.25, 0.3) is 0 Å². The predicted molar refractivity (Wildman–Crippen MR) is 57.2 cm³/mol. The van der Waals surface area contributed by atoms with Gasteiger partial charge in [0, 0.05) is 5.56 Å². The third-order valence-electron chi connectivity index (χ3n) is 2.19. The van der Waals surface area contributed by atoms with E-state index in [-0.39, 0.29) is 0 Å². The number of carbonyl (C=O) groups excluding carboxylic acids is 1. The monoisotopic (exact) mass is 173 g/mol. The topological polar surface area (TPSA) is 17.1 Å². The molecule has 1 radical (unpaired) electrons. The molecule has 0 spiro atoms. The van der Waals surface area contributed by atoms with Gasteiger partial charge in [-0.05, 0) is 11.5 Å². The summed E-state index contributed by atoms with van der Waals surface area (Å²) < 4.78 is 0. The molecule has 0 saturated carbocycles. The molecule has 1 rings (SSSR count). The standard InChI is InChI=1S/C11H14BO/c1-8(2)11-6-10(12-3)5-4-9(11)7-13/h4-8H,1-3H3. The van der Waals surface area contributed by atoms with Crippen LogP contribution in [0.15, 0.2) is 18.2 Å². The number of hydrogen-bond donors (Lipinski definition) is 0. The lowest BCUT2D eigenvalue weighted by molar-refractivity contribution is 0.112. The average Bonchev–Trinajstić information content (AvgIpc) is 2.16. The third kappa shape index (κ3) is 2.21. The van der Waals surface area contributed by atoms with E-state index >= 15 is 0 Å². The molecular weight excluding hydrogens is 159 g/mol. The minimum atomic E-state index is 0.403. The van der Waals surface area contributed by atoms with Crippen LogP contribution < -0.4 is 5.46 Å². The molecule has 0 atom stereocenters. The Hall–Kier alpha value is -1.05. The number of carbonyl (C=O) groups is 1. The smallest absolute Gasteiger partial charge is 0.150 e. The first-order chi connectivity index (χ1) is 6.19. The Morgan fingerprint density at radius 2 is 2.08 bits per heavy atom. The molecule has 13 heavy (non-hydrogen) atoms. The molecule has 0 amide bonds. The molecule has 0 heterocycles. The molecule has 1 aromatic rings. The van der Waals surface area contributed by atoms with E-state index in [0.29, 0.717) is 5.92 Å². The molecule has 0 fully saturated rings. The highest BCUT2D eigenvalue weighted by molar-refractivity contribution is 6.51. The fraction of sp³-hybridized carbons (Fsp3) is 0.364. The van der Waals surface area contributed by atoms with Gasteiger partial charge in [-0.25, -0.2) is 0 Å². The first kappa shape index (κ1) is 10.0. The predicted octanol–water partition coefficient (Wildman–Crippen LogP) is 2.00. The molecule has 1 aromatic carbocycles. The van der Waals surface area contributed by atoms with Gasteiger partial charge in [0.1, 0.15) is 13.6 Å². The van der Waals surface area contributed by atoms with Gasteiger partial charge in [-0.1, -0.05) is 44.3 Å². The van der Waals surface area contributed by atoms with Crippen LogP contribution in [0.2, 0.25) is 6.82 Å². The molecule has 0 aliphatic rings. The van der Waals surface area contributed by atoms with Gasteiger partial charge < -0.3 is 0 Å². The summed E-state index contributed by atoms with van der Waals surface area (Å²) in [4.78, 5) is 10.7. The Kier molecular flexibility index (Phi) is 3.29. The number of rotatable bonds is 3. The maximum atomic E-state index is 10.7. The highest BCUT2D eigenvalue weighted by Gasteiger charge is 2.06. The van der Waals surface area contributed by atoms with Crippen LogP contribution >= 0.6 is 0 Å². The van der Waals surface area contributed by atoms with Crippen molar-refractivity contribution in [2.45, 2.75) is 26.6 Å². The van der Waals surface area contributed by atoms with Crippen LogP contribution in [0.3, 0.4) is 0 Å². The van der Waals surface area contributed by atoms with Crippen molar-refractivity contribution in [1.82, 2.24) is 0 Å². The summed E-state index contributed by atoms with van der Waals surface area (Å²) in [6.07, 6.45) is 0.925. The van der Waals surface area contributed by atoms with Gasteiger partial charge in [-0.2, -0.15) is 0 Å². The molecular formula is C11H14BO. The van der Waals surface area contributed by atoms with Crippen LogP contribution in [-0.4, -0.2) is 13.6 Å². The number of hydrogen-bond acceptors (Lipinski definition) is 1. The lowest BCUT2D eigenvalue weighted by atomic mass is 9.72. The lowest BCUT2D eigenvalue weighted by Crippen LogP contribution is -2.12. The van der Waals surface area contributed by atoms with E-state index in [1.54, 1.807) is 0 Å². The Morgan fingerprint density at radius 1 is 1.38 bits per heavy atom. The molecule has 0 saturated heterocycles. The number of benzene rings is 1. The van der Waals surface area contributed by atoms with E-state index < -0.39 is 0 Å². The molecule has 0 aliphatic carbocycles. The molecule has 2 heteroatoms. The fourth-order valence-corrected chi connectivity index (χ4v) is 1.38. The van der Waals surface area contributed by atoms with Crippen molar-refractivity contribution in [3.8, 4) is 0 Å². The van der Waals surface area contributed by atoms with Crippen LogP contribution in [0.5, 0.6) is 0 Å². The van der Waals surface area contributed by atoms with Crippen molar-refractivity contribution in [2.24, 2.45) is 0 Å². The van der Waals surface area contributed by atoms with Crippen LogP contribution in [0.1, 0.15) is 35.7 Å². The molecule has 1 nitrogen and oxygen atoms in total. The van der Waals surface area contributed by atoms with Gasteiger partial charge in [0.15, 0.2) is 0 Å². The van der Waals surface area contributed by atoms with Crippen molar-refractivity contribution in [3.05, 3.63) is 29.3 Å². The van der Waals surface area contributed by atoms with Crippen molar-refractivity contribution < 1.29 is 4.79 Å². The van der Waals surface area contributed by atoms with Crippen LogP contribution in [-0.2, 0) is 0 Å². The molecule has 67 valence electrons. The van der Waals surface area contributed by atoms with Crippen LogP contribution in [0.4, 0.5) is 0 Å². The summed E-state index contributed by atoms with van der Waals surface area (Å²) in [5.41, 5.74) is 3.11. The van der Waals surface area contributed by atoms with Gasteiger partial charge in [-0.15, -0.1) is 0 Å². The van der Waals surface area contributed by atoms with Crippen molar-refractivity contribution in [3.63, 3.8) is 0 Å². The Labute approximate surface area is 80.4 Å². The second-order valence-electron chi connectivity index (χ2n) is 3.45. The summed E-state index contributed by atoms with van der Waals surface area (Å²) in [6, 6.07) is 5.93. The second-order valence-corrected chi connectivity index (χ2v) is 3.45. The largest absolute Gasteiger partial charge is 0.298 e. The molecule has 0 unspecified atom stereocenters. The van der Waals surface area contributed by atoms with Gasteiger partial charge in [0.05, 0.1) is 0 Å². The zero-order valence-electron chi connectivity index (χ0n) is 8.37. The minimum absolute atomic E-state index is 0.403. The number of aldehydes is 1. The van der Waals surface area contributed by atoms with E-state index in [1.807, 2.05) is 26.2 Å². The molecule has 0 N–H and O–H groups in total. The maximum Gasteiger partial charge on any atom is 0.150 e. The zero-order chi connectivity index (χ0) is 9.84. The highest BCUT2D eigenvalue weighted by Crippen LogP contribution is 2.16. The third-order valence-corrected chi connectivity index (χ3v) is 2.19. The minimum Gasteiger partial charge on any atom is -0.298 e. The zero-order valence-corrected chi connectivity index (χ0v) is 8.37.